The van der Waals surface area contributed by atoms with Gasteiger partial charge in [0.1, 0.15) is 5.76 Å². The number of rotatable bonds is 7. The van der Waals surface area contributed by atoms with Gasteiger partial charge in [0.25, 0.3) is 0 Å². The quantitative estimate of drug-likeness (QED) is 0.288. The Kier molecular flexibility index (Phi) is 6.67. The summed E-state index contributed by atoms with van der Waals surface area (Å²) in [6.07, 6.45) is 2.16. The minimum Gasteiger partial charge on any atom is -0.493 e. The molecule has 0 N–H and O–H groups in total. The summed E-state index contributed by atoms with van der Waals surface area (Å²) in [5.41, 5.74) is 6.17. The highest BCUT2D eigenvalue weighted by Crippen LogP contribution is 2.44. The molecule has 0 amide bonds. The van der Waals surface area contributed by atoms with Crippen LogP contribution in [-0.2, 0) is 19.4 Å². The summed E-state index contributed by atoms with van der Waals surface area (Å²) in [6, 6.07) is 16.8. The van der Waals surface area contributed by atoms with E-state index in [0.29, 0.717) is 17.4 Å². The molecule has 0 saturated heterocycles. The van der Waals surface area contributed by atoms with Crippen molar-refractivity contribution in [2.75, 3.05) is 20.8 Å². The molecule has 0 unspecified atom stereocenters. The van der Waals surface area contributed by atoms with Gasteiger partial charge in [-0.05, 0) is 55.5 Å². The number of oxazole rings is 1. The van der Waals surface area contributed by atoms with Crippen LogP contribution in [0.15, 0.2) is 52.9 Å². The van der Waals surface area contributed by atoms with Gasteiger partial charge in [-0.3, -0.25) is 4.90 Å². The van der Waals surface area contributed by atoms with Crippen molar-refractivity contribution >= 4 is 11.3 Å². The fourth-order valence-corrected chi connectivity index (χ4v) is 6.73. The van der Waals surface area contributed by atoms with Gasteiger partial charge in [0.2, 0.25) is 5.89 Å². The topological polar surface area (TPSA) is 47.7 Å². The Labute approximate surface area is 211 Å². The third-order valence-electron chi connectivity index (χ3n) is 6.96. The van der Waals surface area contributed by atoms with E-state index in [9.17, 15) is 0 Å². The molecule has 0 radical (unpaired) electrons. The van der Waals surface area contributed by atoms with Gasteiger partial charge in [0.15, 0.2) is 11.5 Å². The Balaban J connectivity index is 1.52. The van der Waals surface area contributed by atoms with Crippen LogP contribution in [0.4, 0.5) is 0 Å². The van der Waals surface area contributed by atoms with Crippen LogP contribution in [0.3, 0.4) is 0 Å². The van der Waals surface area contributed by atoms with Crippen LogP contribution in [0, 0.1) is 13.8 Å². The third kappa shape index (κ3) is 4.26. The molecule has 1 atom stereocenters. The maximum Gasteiger partial charge on any atom is 0.230 e. The molecule has 0 aliphatic carbocycles. The first-order valence-electron chi connectivity index (χ1n) is 12.1. The molecule has 5 nitrogen and oxygen atoms in total. The second kappa shape index (κ2) is 9.88. The van der Waals surface area contributed by atoms with Crippen molar-refractivity contribution < 1.29 is 13.9 Å². The second-order valence-electron chi connectivity index (χ2n) is 8.93. The van der Waals surface area contributed by atoms with Gasteiger partial charge in [-0.25, -0.2) is 4.98 Å². The third-order valence-corrected chi connectivity index (χ3v) is 8.20. The van der Waals surface area contributed by atoms with Crippen molar-refractivity contribution in [3.63, 3.8) is 0 Å². The molecule has 0 spiro atoms. The molecule has 4 aromatic rings. The molecule has 3 heterocycles. The summed E-state index contributed by atoms with van der Waals surface area (Å²) in [7, 11) is 3.28. The standard InChI is InChI=1S/C29H32N2O3S/c1-6-21-19(3)35-28-22(21)15-16-31(26(28)20-11-8-7-9-12-20)17-24-18(2)34-29(30-24)23-13-10-14-25(32-4)27(23)33-5/h7-14,26H,6,15-17H2,1-5H3/t26-/m0/s1. The number of fused-ring (bicyclic) bond motifs is 1. The summed E-state index contributed by atoms with van der Waals surface area (Å²) in [4.78, 5) is 10.4. The van der Waals surface area contributed by atoms with Crippen molar-refractivity contribution in [1.82, 2.24) is 9.88 Å². The molecule has 5 rings (SSSR count). The maximum atomic E-state index is 6.16. The van der Waals surface area contributed by atoms with Gasteiger partial charge >= 0.3 is 0 Å². The molecule has 182 valence electrons. The van der Waals surface area contributed by atoms with E-state index < -0.39 is 0 Å². The monoisotopic (exact) mass is 488 g/mol. The zero-order valence-electron chi connectivity index (χ0n) is 21.1. The molecule has 6 heteroatoms. The lowest BCUT2D eigenvalue weighted by molar-refractivity contribution is 0.204. The zero-order chi connectivity index (χ0) is 24.5. The highest BCUT2D eigenvalue weighted by molar-refractivity contribution is 7.12. The average molecular weight is 489 g/mol. The number of para-hydroxylation sites is 1. The van der Waals surface area contributed by atoms with Gasteiger partial charge in [-0.2, -0.15) is 0 Å². The van der Waals surface area contributed by atoms with Crippen LogP contribution < -0.4 is 9.47 Å². The Hall–Kier alpha value is -3.09. The van der Waals surface area contributed by atoms with Crippen LogP contribution in [0.5, 0.6) is 11.5 Å². The van der Waals surface area contributed by atoms with Crippen molar-refractivity contribution in [1.29, 1.82) is 0 Å². The van der Waals surface area contributed by atoms with Gasteiger partial charge in [-0.1, -0.05) is 43.3 Å². The number of hydrogen-bond acceptors (Lipinski definition) is 6. The number of nitrogens with zero attached hydrogens (tertiary/aromatic N) is 2. The van der Waals surface area contributed by atoms with Crippen LogP contribution in [-0.4, -0.2) is 30.6 Å². The number of thiophene rings is 1. The summed E-state index contributed by atoms with van der Waals surface area (Å²) >= 11 is 1.96. The minimum atomic E-state index is 0.217. The highest BCUT2D eigenvalue weighted by Gasteiger charge is 2.33. The molecular formula is C29H32N2O3S. The molecule has 1 aliphatic heterocycles. The van der Waals surface area contributed by atoms with Gasteiger partial charge in [-0.15, -0.1) is 11.3 Å². The Morgan fingerprint density at radius 3 is 2.57 bits per heavy atom. The molecule has 0 fully saturated rings. The largest absolute Gasteiger partial charge is 0.493 e. The first-order chi connectivity index (χ1) is 17.0. The minimum absolute atomic E-state index is 0.217. The molecular weight excluding hydrogens is 456 g/mol. The summed E-state index contributed by atoms with van der Waals surface area (Å²) in [6.45, 7) is 8.24. The van der Waals surface area contributed by atoms with E-state index >= 15 is 0 Å². The van der Waals surface area contributed by atoms with Crippen LogP contribution in [0.1, 0.15) is 50.9 Å². The number of aryl methyl sites for hydroxylation is 2. The second-order valence-corrected chi connectivity index (χ2v) is 10.2. The molecule has 2 aromatic heterocycles. The fraction of sp³-hybridized carbons (Fsp3) is 0.345. The molecule has 1 aliphatic rings. The number of benzene rings is 2. The van der Waals surface area contributed by atoms with E-state index in [1.165, 1.54) is 20.9 Å². The SMILES string of the molecule is CCc1c(C)sc2c1CCN(Cc1nc(-c3cccc(OC)c3OC)oc1C)[C@H]2c1ccccc1. The highest BCUT2D eigenvalue weighted by atomic mass is 32.1. The van der Waals surface area contributed by atoms with E-state index in [0.717, 1.165) is 42.9 Å². The normalized spacial score (nSPS) is 15.7. The number of ether oxygens (including phenoxy) is 2. The van der Waals surface area contributed by atoms with E-state index in [-0.39, 0.29) is 6.04 Å². The maximum absolute atomic E-state index is 6.16. The van der Waals surface area contributed by atoms with Crippen molar-refractivity contribution in [3.8, 4) is 23.0 Å². The predicted molar refractivity (Wildman–Crippen MR) is 141 cm³/mol. The zero-order valence-corrected chi connectivity index (χ0v) is 21.9. The number of aromatic nitrogens is 1. The number of hydrogen-bond donors (Lipinski definition) is 0. The van der Waals surface area contributed by atoms with Gasteiger partial charge in [0, 0.05) is 22.8 Å². The summed E-state index contributed by atoms with van der Waals surface area (Å²) in [5, 5.41) is 0. The number of methoxy groups -OCH3 is 2. The van der Waals surface area contributed by atoms with E-state index in [4.69, 9.17) is 18.9 Å². The first kappa shape index (κ1) is 23.6. The van der Waals surface area contributed by atoms with E-state index in [2.05, 4.69) is 49.1 Å². The van der Waals surface area contributed by atoms with E-state index in [1.54, 1.807) is 19.8 Å². The van der Waals surface area contributed by atoms with Crippen LogP contribution in [0.2, 0.25) is 0 Å². The van der Waals surface area contributed by atoms with Gasteiger partial charge < -0.3 is 13.9 Å². The Morgan fingerprint density at radius 2 is 1.86 bits per heavy atom. The van der Waals surface area contributed by atoms with Gasteiger partial charge in [0.05, 0.1) is 31.5 Å². The summed E-state index contributed by atoms with van der Waals surface area (Å²) < 4.78 is 17.3. The van der Waals surface area contributed by atoms with Crippen molar-refractivity contribution in [2.45, 2.75) is 46.2 Å². The molecule has 0 saturated carbocycles. The van der Waals surface area contributed by atoms with Crippen LogP contribution >= 0.6 is 11.3 Å². The lowest BCUT2D eigenvalue weighted by atomic mass is 9.91. The Bertz CT molecular complexity index is 1330. The lowest BCUT2D eigenvalue weighted by Crippen LogP contribution is -2.35. The molecule has 2 aromatic carbocycles. The Morgan fingerprint density at radius 1 is 1.06 bits per heavy atom. The van der Waals surface area contributed by atoms with E-state index in [1.807, 2.05) is 36.5 Å². The average Bonchev–Trinajstić information content (AvgIpc) is 3.41. The molecule has 35 heavy (non-hydrogen) atoms. The fourth-order valence-electron chi connectivity index (χ4n) is 5.26. The van der Waals surface area contributed by atoms with Crippen LogP contribution in [0.25, 0.3) is 11.5 Å². The lowest BCUT2D eigenvalue weighted by Gasteiger charge is -2.36. The van der Waals surface area contributed by atoms with Crippen molar-refractivity contribution in [2.24, 2.45) is 0 Å². The smallest absolute Gasteiger partial charge is 0.230 e. The summed E-state index contributed by atoms with van der Waals surface area (Å²) in [5.74, 6) is 2.69. The first-order valence-corrected chi connectivity index (χ1v) is 12.9. The predicted octanol–water partition coefficient (Wildman–Crippen LogP) is 6.75. The molecule has 0 bridgehead atoms. The van der Waals surface area contributed by atoms with Crippen molar-refractivity contribution in [3.05, 3.63) is 86.4 Å².